The molecule has 3 unspecified atom stereocenters. The Labute approximate surface area is 119 Å². The molecule has 0 radical (unpaired) electrons. The minimum absolute atomic E-state index is 0.0690. The molecular weight excluding hydrogens is 258 g/mol. The van der Waals surface area contributed by atoms with Crippen LogP contribution in [0.4, 0.5) is 0 Å². The number of amides is 2. The van der Waals surface area contributed by atoms with Crippen LogP contribution in [0.1, 0.15) is 26.2 Å². The number of carbonyl (C=O) groups is 2. The summed E-state index contributed by atoms with van der Waals surface area (Å²) in [5.74, 6) is -0.233. The van der Waals surface area contributed by atoms with E-state index >= 15 is 0 Å². The lowest BCUT2D eigenvalue weighted by Gasteiger charge is -2.36. The van der Waals surface area contributed by atoms with Crippen LogP contribution in [0.15, 0.2) is 0 Å². The normalized spacial score (nSPS) is 32.1. The van der Waals surface area contributed by atoms with Crippen LogP contribution in [-0.2, 0) is 9.59 Å². The number of nitrogens with two attached hydrogens (primary N) is 1. The molecule has 3 atom stereocenters. The van der Waals surface area contributed by atoms with E-state index < -0.39 is 0 Å². The van der Waals surface area contributed by atoms with Crippen molar-refractivity contribution in [2.75, 3.05) is 32.7 Å². The van der Waals surface area contributed by atoms with Crippen molar-refractivity contribution in [1.82, 2.24) is 9.80 Å². The summed E-state index contributed by atoms with van der Waals surface area (Å²) in [6, 6.07) is 0. The van der Waals surface area contributed by atoms with Gasteiger partial charge in [0.1, 0.15) is 0 Å². The van der Waals surface area contributed by atoms with Gasteiger partial charge in [-0.1, -0.05) is 6.92 Å². The highest BCUT2D eigenvalue weighted by Crippen LogP contribution is 2.19. The Balaban J connectivity index is 1.84. The molecule has 0 aromatic carbocycles. The second-order valence-corrected chi connectivity index (χ2v) is 6.15. The zero-order chi connectivity index (χ0) is 14.7. The summed E-state index contributed by atoms with van der Waals surface area (Å²) < 4.78 is 0. The fraction of sp³-hybridized carbons (Fsp3) is 0.857. The molecule has 6 nitrogen and oxygen atoms in total. The molecule has 2 rings (SSSR count). The van der Waals surface area contributed by atoms with Crippen LogP contribution in [0, 0.1) is 11.8 Å². The molecule has 0 saturated carbocycles. The lowest BCUT2D eigenvalue weighted by Crippen LogP contribution is -2.50. The first kappa shape index (κ1) is 15.3. The average Bonchev–Trinajstić information content (AvgIpc) is 2.43. The molecule has 114 valence electrons. The van der Waals surface area contributed by atoms with E-state index in [1.807, 2.05) is 6.92 Å². The Kier molecular flexibility index (Phi) is 4.99. The van der Waals surface area contributed by atoms with Crippen molar-refractivity contribution < 1.29 is 14.7 Å². The van der Waals surface area contributed by atoms with Gasteiger partial charge >= 0.3 is 0 Å². The number of likely N-dealkylation sites (tertiary alicyclic amines) is 2. The molecule has 0 aromatic heterocycles. The summed E-state index contributed by atoms with van der Waals surface area (Å²) in [5, 5.41) is 9.70. The molecule has 20 heavy (non-hydrogen) atoms. The van der Waals surface area contributed by atoms with Crippen LogP contribution >= 0.6 is 0 Å². The van der Waals surface area contributed by atoms with Gasteiger partial charge in [-0.25, -0.2) is 0 Å². The van der Waals surface area contributed by atoms with E-state index in [9.17, 15) is 14.7 Å². The maximum Gasteiger partial charge on any atom is 0.236 e. The average molecular weight is 283 g/mol. The number of nitrogens with zero attached hydrogens (tertiary/aromatic N) is 2. The van der Waals surface area contributed by atoms with Gasteiger partial charge in [0.15, 0.2) is 0 Å². The van der Waals surface area contributed by atoms with Crippen LogP contribution in [0.5, 0.6) is 0 Å². The molecule has 0 spiro atoms. The van der Waals surface area contributed by atoms with Gasteiger partial charge in [-0.15, -0.1) is 0 Å². The van der Waals surface area contributed by atoms with E-state index in [0.29, 0.717) is 19.6 Å². The van der Waals surface area contributed by atoms with Gasteiger partial charge in [0.2, 0.25) is 11.8 Å². The summed E-state index contributed by atoms with van der Waals surface area (Å²) in [6.45, 7) is 5.06. The maximum absolute atomic E-state index is 12.3. The minimum Gasteiger partial charge on any atom is -0.393 e. The first-order chi connectivity index (χ1) is 9.47. The number of aliphatic hydroxyl groups excluding tert-OH is 1. The Morgan fingerprint density at radius 2 is 2.00 bits per heavy atom. The van der Waals surface area contributed by atoms with E-state index in [0.717, 1.165) is 32.4 Å². The molecule has 0 aliphatic carbocycles. The van der Waals surface area contributed by atoms with E-state index in [4.69, 9.17) is 5.73 Å². The van der Waals surface area contributed by atoms with Crippen LogP contribution in [-0.4, -0.2) is 65.5 Å². The smallest absolute Gasteiger partial charge is 0.236 e. The molecule has 3 N–H and O–H groups in total. The van der Waals surface area contributed by atoms with Crippen molar-refractivity contribution in [1.29, 1.82) is 0 Å². The van der Waals surface area contributed by atoms with Crippen molar-refractivity contribution >= 4 is 11.8 Å². The van der Waals surface area contributed by atoms with Gasteiger partial charge in [-0.3, -0.25) is 14.5 Å². The quantitative estimate of drug-likeness (QED) is 0.725. The summed E-state index contributed by atoms with van der Waals surface area (Å²) in [4.78, 5) is 27.4. The van der Waals surface area contributed by atoms with Crippen LogP contribution < -0.4 is 5.73 Å². The van der Waals surface area contributed by atoms with Crippen LogP contribution in [0.25, 0.3) is 0 Å². The lowest BCUT2D eigenvalue weighted by molar-refractivity contribution is -0.136. The van der Waals surface area contributed by atoms with Crippen LogP contribution in [0.3, 0.4) is 0 Å². The number of piperidine rings is 2. The van der Waals surface area contributed by atoms with E-state index in [1.165, 1.54) is 0 Å². The topological polar surface area (TPSA) is 86.9 Å². The molecule has 2 heterocycles. The van der Waals surface area contributed by atoms with Gasteiger partial charge in [0, 0.05) is 26.2 Å². The Morgan fingerprint density at radius 3 is 2.65 bits per heavy atom. The predicted octanol–water partition coefficient (Wildman–Crippen LogP) is -0.587. The van der Waals surface area contributed by atoms with Crippen molar-refractivity contribution in [2.45, 2.75) is 32.3 Å². The zero-order valence-electron chi connectivity index (χ0n) is 12.1. The first-order valence-electron chi connectivity index (χ1n) is 7.45. The standard InChI is InChI=1S/C14H25N3O3/c1-10-7-16(6-4-12(10)18)9-13(19)17-5-2-3-11(8-17)14(15)20/h10-12,18H,2-9H2,1H3,(H2,15,20). The summed E-state index contributed by atoms with van der Waals surface area (Å²) >= 11 is 0. The zero-order valence-corrected chi connectivity index (χ0v) is 12.1. The fourth-order valence-corrected chi connectivity index (χ4v) is 3.09. The van der Waals surface area contributed by atoms with Gasteiger partial charge < -0.3 is 15.7 Å². The molecule has 2 aliphatic heterocycles. The number of rotatable bonds is 3. The second kappa shape index (κ2) is 6.54. The molecule has 2 aliphatic rings. The van der Waals surface area contributed by atoms with Gasteiger partial charge in [0.05, 0.1) is 18.6 Å². The van der Waals surface area contributed by atoms with E-state index in [2.05, 4.69) is 4.90 Å². The number of aliphatic hydroxyl groups is 1. The predicted molar refractivity (Wildman–Crippen MR) is 74.7 cm³/mol. The van der Waals surface area contributed by atoms with Crippen molar-refractivity contribution in [3.8, 4) is 0 Å². The largest absolute Gasteiger partial charge is 0.393 e. The van der Waals surface area contributed by atoms with Crippen molar-refractivity contribution in [2.24, 2.45) is 17.6 Å². The summed E-state index contributed by atoms with van der Waals surface area (Å²) in [5.41, 5.74) is 5.33. The maximum atomic E-state index is 12.3. The molecule has 2 amide bonds. The fourth-order valence-electron chi connectivity index (χ4n) is 3.09. The highest BCUT2D eigenvalue weighted by Gasteiger charge is 2.30. The minimum atomic E-state index is -0.308. The number of carbonyl (C=O) groups excluding carboxylic acids is 2. The SMILES string of the molecule is CC1CN(CC(=O)N2CCCC(C(N)=O)C2)CCC1O. The van der Waals surface area contributed by atoms with Gasteiger partial charge in [-0.05, 0) is 25.2 Å². The summed E-state index contributed by atoms with van der Waals surface area (Å²) in [6.07, 6.45) is 2.09. The Bertz CT molecular complexity index is 375. The highest BCUT2D eigenvalue weighted by atomic mass is 16.3. The monoisotopic (exact) mass is 283 g/mol. The molecule has 2 fully saturated rings. The lowest BCUT2D eigenvalue weighted by atomic mass is 9.96. The molecule has 0 aromatic rings. The Morgan fingerprint density at radius 1 is 1.25 bits per heavy atom. The van der Waals surface area contributed by atoms with E-state index in [-0.39, 0.29) is 29.8 Å². The van der Waals surface area contributed by atoms with Gasteiger partial charge in [0.25, 0.3) is 0 Å². The number of hydrogen-bond acceptors (Lipinski definition) is 4. The van der Waals surface area contributed by atoms with E-state index in [1.54, 1.807) is 4.90 Å². The molecule has 2 saturated heterocycles. The molecule has 0 bridgehead atoms. The molecule has 6 heteroatoms. The van der Waals surface area contributed by atoms with Crippen LogP contribution in [0.2, 0.25) is 0 Å². The van der Waals surface area contributed by atoms with Gasteiger partial charge in [-0.2, -0.15) is 0 Å². The third kappa shape index (κ3) is 3.70. The second-order valence-electron chi connectivity index (χ2n) is 6.15. The first-order valence-corrected chi connectivity index (χ1v) is 7.45. The molecular formula is C14H25N3O3. The third-order valence-electron chi connectivity index (χ3n) is 4.48. The Hall–Kier alpha value is -1.14. The van der Waals surface area contributed by atoms with Crippen molar-refractivity contribution in [3.05, 3.63) is 0 Å². The third-order valence-corrected chi connectivity index (χ3v) is 4.48. The highest BCUT2D eigenvalue weighted by molar-refractivity contribution is 5.81. The van der Waals surface area contributed by atoms with Crippen molar-refractivity contribution in [3.63, 3.8) is 0 Å². The number of primary amides is 1. The summed E-state index contributed by atoms with van der Waals surface area (Å²) in [7, 11) is 0. The number of hydrogen-bond donors (Lipinski definition) is 2.